The van der Waals surface area contributed by atoms with Crippen molar-refractivity contribution in [2.24, 2.45) is 5.92 Å². The summed E-state index contributed by atoms with van der Waals surface area (Å²) in [4.78, 5) is 23.5. The second kappa shape index (κ2) is 6.72. The number of hydrogen-bond donors (Lipinski definition) is 3. The van der Waals surface area contributed by atoms with Gasteiger partial charge >= 0.3 is 5.97 Å². The zero-order chi connectivity index (χ0) is 14.5. The van der Waals surface area contributed by atoms with E-state index in [1.807, 2.05) is 0 Å². The molecule has 0 aromatic heterocycles. The molecule has 0 unspecified atom stereocenters. The Morgan fingerprint density at radius 2 is 2.15 bits per heavy atom. The van der Waals surface area contributed by atoms with E-state index in [0.29, 0.717) is 17.1 Å². The van der Waals surface area contributed by atoms with Gasteiger partial charge in [-0.3, -0.25) is 4.79 Å². The number of carbonyl (C=O) groups is 2. The molecule has 1 aromatic rings. The molecule has 5 nitrogen and oxygen atoms in total. The SMILES string of the molecule is O=C(N[C@@H](C(=O)O)c1ccccc1Cl)[C@H]1CCCNC1. The minimum absolute atomic E-state index is 0.187. The van der Waals surface area contributed by atoms with Crippen LogP contribution in [0.5, 0.6) is 0 Å². The maximum Gasteiger partial charge on any atom is 0.330 e. The van der Waals surface area contributed by atoms with Crippen LogP contribution in [0.3, 0.4) is 0 Å². The van der Waals surface area contributed by atoms with Crippen molar-refractivity contribution in [1.82, 2.24) is 10.6 Å². The number of aliphatic carboxylic acids is 1. The molecule has 0 spiro atoms. The van der Waals surface area contributed by atoms with E-state index in [4.69, 9.17) is 11.6 Å². The minimum atomic E-state index is -1.12. The van der Waals surface area contributed by atoms with Crippen molar-refractivity contribution >= 4 is 23.5 Å². The molecule has 0 bridgehead atoms. The Labute approximate surface area is 122 Å². The number of hydrogen-bond acceptors (Lipinski definition) is 3. The molecule has 2 rings (SSSR count). The molecule has 6 heteroatoms. The smallest absolute Gasteiger partial charge is 0.330 e. The number of nitrogens with one attached hydrogen (secondary N) is 2. The fourth-order valence-electron chi connectivity index (χ4n) is 2.32. The van der Waals surface area contributed by atoms with Crippen LogP contribution < -0.4 is 10.6 Å². The van der Waals surface area contributed by atoms with Crippen molar-refractivity contribution in [3.05, 3.63) is 34.9 Å². The van der Waals surface area contributed by atoms with Crippen molar-refractivity contribution in [2.75, 3.05) is 13.1 Å². The third-order valence-corrected chi connectivity index (χ3v) is 3.76. The predicted molar refractivity (Wildman–Crippen MR) is 75.6 cm³/mol. The van der Waals surface area contributed by atoms with Crippen LogP contribution in [-0.4, -0.2) is 30.1 Å². The first-order valence-electron chi connectivity index (χ1n) is 6.58. The van der Waals surface area contributed by atoms with Gasteiger partial charge in [-0.25, -0.2) is 4.79 Å². The van der Waals surface area contributed by atoms with E-state index >= 15 is 0 Å². The number of benzene rings is 1. The first kappa shape index (κ1) is 14.8. The Bertz CT molecular complexity index is 501. The van der Waals surface area contributed by atoms with Gasteiger partial charge in [0, 0.05) is 17.1 Å². The van der Waals surface area contributed by atoms with Crippen LogP contribution in [0.2, 0.25) is 5.02 Å². The summed E-state index contributed by atoms with van der Waals surface area (Å²) in [7, 11) is 0. The third kappa shape index (κ3) is 3.49. The van der Waals surface area contributed by atoms with Crippen molar-refractivity contribution in [1.29, 1.82) is 0 Å². The molecule has 108 valence electrons. The first-order valence-corrected chi connectivity index (χ1v) is 6.95. The molecule has 0 saturated carbocycles. The molecule has 0 aliphatic carbocycles. The lowest BCUT2D eigenvalue weighted by molar-refractivity contribution is -0.142. The summed E-state index contributed by atoms with van der Waals surface area (Å²) in [5.74, 6) is -1.55. The highest BCUT2D eigenvalue weighted by Gasteiger charge is 2.28. The van der Waals surface area contributed by atoms with Crippen LogP contribution in [0.1, 0.15) is 24.4 Å². The van der Waals surface area contributed by atoms with Gasteiger partial charge < -0.3 is 15.7 Å². The average Bonchev–Trinajstić information content (AvgIpc) is 2.46. The van der Waals surface area contributed by atoms with Gasteiger partial charge in [-0.05, 0) is 25.5 Å². The van der Waals surface area contributed by atoms with Crippen molar-refractivity contribution in [3.8, 4) is 0 Å². The van der Waals surface area contributed by atoms with Gasteiger partial charge in [-0.2, -0.15) is 0 Å². The summed E-state index contributed by atoms with van der Waals surface area (Å²) < 4.78 is 0. The van der Waals surface area contributed by atoms with Gasteiger partial charge in [-0.15, -0.1) is 0 Å². The first-order chi connectivity index (χ1) is 9.59. The Hall–Kier alpha value is -1.59. The summed E-state index contributed by atoms with van der Waals surface area (Å²) in [5.41, 5.74) is 0.402. The lowest BCUT2D eigenvalue weighted by Gasteiger charge is -2.24. The summed E-state index contributed by atoms with van der Waals surface area (Å²) in [5, 5.41) is 15.4. The largest absolute Gasteiger partial charge is 0.479 e. The maximum absolute atomic E-state index is 12.1. The van der Waals surface area contributed by atoms with E-state index in [1.165, 1.54) is 0 Å². The zero-order valence-electron chi connectivity index (χ0n) is 10.9. The molecule has 1 fully saturated rings. The maximum atomic E-state index is 12.1. The normalized spacial score (nSPS) is 20.1. The van der Waals surface area contributed by atoms with E-state index in [-0.39, 0.29) is 11.8 Å². The fraction of sp³-hybridized carbons (Fsp3) is 0.429. The number of carbonyl (C=O) groups excluding carboxylic acids is 1. The number of amides is 1. The van der Waals surface area contributed by atoms with Gasteiger partial charge in [0.15, 0.2) is 6.04 Å². The van der Waals surface area contributed by atoms with Gasteiger partial charge in [0.05, 0.1) is 5.92 Å². The second-order valence-electron chi connectivity index (χ2n) is 4.84. The van der Waals surface area contributed by atoms with Crippen molar-refractivity contribution in [3.63, 3.8) is 0 Å². The highest BCUT2D eigenvalue weighted by Crippen LogP contribution is 2.23. The Morgan fingerprint density at radius 3 is 2.75 bits per heavy atom. The van der Waals surface area contributed by atoms with Gasteiger partial charge in [0.2, 0.25) is 5.91 Å². The molecule has 1 aromatic carbocycles. The predicted octanol–water partition coefficient (Wildman–Crippen LogP) is 1.58. The van der Waals surface area contributed by atoms with Crippen LogP contribution in [0, 0.1) is 5.92 Å². The summed E-state index contributed by atoms with van der Waals surface area (Å²) in [6, 6.07) is 5.53. The quantitative estimate of drug-likeness (QED) is 0.788. The highest BCUT2D eigenvalue weighted by molar-refractivity contribution is 6.31. The van der Waals surface area contributed by atoms with Crippen LogP contribution in [0.25, 0.3) is 0 Å². The molecule has 1 aliphatic rings. The van der Waals surface area contributed by atoms with E-state index in [0.717, 1.165) is 19.4 Å². The van der Waals surface area contributed by atoms with Gasteiger partial charge in [-0.1, -0.05) is 29.8 Å². The number of rotatable bonds is 4. The van der Waals surface area contributed by atoms with E-state index < -0.39 is 12.0 Å². The Balaban J connectivity index is 2.12. The molecular formula is C14H17ClN2O3. The summed E-state index contributed by atoms with van der Waals surface area (Å²) in [6.45, 7) is 1.48. The van der Waals surface area contributed by atoms with Crippen LogP contribution in [0.4, 0.5) is 0 Å². The molecular weight excluding hydrogens is 280 g/mol. The van der Waals surface area contributed by atoms with Crippen LogP contribution >= 0.6 is 11.6 Å². The Kier molecular flexibility index (Phi) is 4.98. The minimum Gasteiger partial charge on any atom is -0.479 e. The second-order valence-corrected chi connectivity index (χ2v) is 5.25. The van der Waals surface area contributed by atoms with E-state index in [2.05, 4.69) is 10.6 Å². The topological polar surface area (TPSA) is 78.4 Å². The molecule has 20 heavy (non-hydrogen) atoms. The monoisotopic (exact) mass is 296 g/mol. The van der Waals surface area contributed by atoms with E-state index in [1.54, 1.807) is 24.3 Å². The highest BCUT2D eigenvalue weighted by atomic mass is 35.5. The van der Waals surface area contributed by atoms with Crippen LogP contribution in [-0.2, 0) is 9.59 Å². The lowest BCUT2D eigenvalue weighted by Crippen LogP contribution is -2.43. The lowest BCUT2D eigenvalue weighted by atomic mass is 9.97. The van der Waals surface area contributed by atoms with Crippen molar-refractivity contribution in [2.45, 2.75) is 18.9 Å². The molecule has 1 aliphatic heterocycles. The molecule has 0 radical (unpaired) electrons. The zero-order valence-corrected chi connectivity index (χ0v) is 11.7. The van der Waals surface area contributed by atoms with E-state index in [9.17, 15) is 14.7 Å². The fourth-order valence-corrected chi connectivity index (χ4v) is 2.56. The third-order valence-electron chi connectivity index (χ3n) is 3.42. The number of halogens is 1. The van der Waals surface area contributed by atoms with Crippen molar-refractivity contribution < 1.29 is 14.7 Å². The summed E-state index contributed by atoms with van der Waals surface area (Å²) >= 11 is 6.01. The molecule has 1 saturated heterocycles. The molecule has 3 N–H and O–H groups in total. The summed E-state index contributed by atoms with van der Waals surface area (Å²) in [6.07, 6.45) is 1.69. The average molecular weight is 297 g/mol. The number of piperidine rings is 1. The standard InChI is InChI=1S/C14H17ClN2O3/c15-11-6-2-1-5-10(11)12(14(19)20)17-13(18)9-4-3-7-16-8-9/h1-2,5-6,9,12,16H,3-4,7-8H2,(H,17,18)(H,19,20)/t9-,12+/m0/s1. The molecule has 1 heterocycles. The van der Waals surface area contributed by atoms with Gasteiger partial charge in [0.25, 0.3) is 0 Å². The van der Waals surface area contributed by atoms with Gasteiger partial charge in [0.1, 0.15) is 0 Å². The Morgan fingerprint density at radius 1 is 1.40 bits per heavy atom. The van der Waals surface area contributed by atoms with Crippen LogP contribution in [0.15, 0.2) is 24.3 Å². The molecule has 2 atom stereocenters. The number of carboxylic acids is 1. The number of carboxylic acid groups (broad SMARTS) is 1. The molecule has 1 amide bonds.